The number of hydrogen-bond acceptors (Lipinski definition) is 0. The van der Waals surface area contributed by atoms with Crippen molar-refractivity contribution in [3.63, 3.8) is 0 Å². The quantitative estimate of drug-likeness (QED) is 0.275. The SMILES string of the molecule is CCC[c-]1cccc1.CCC[c-]1cccc1.[CH2-]CCC.[CH2-]CCC.[Hf+4]. The smallest absolute Gasteiger partial charge is 0.343 e. The first-order valence-electron chi connectivity index (χ1n) is 9.69. The maximum absolute atomic E-state index is 3.60. The van der Waals surface area contributed by atoms with Crippen molar-refractivity contribution in [2.24, 2.45) is 0 Å². The van der Waals surface area contributed by atoms with Crippen LogP contribution in [0.4, 0.5) is 0 Å². The van der Waals surface area contributed by atoms with Crippen molar-refractivity contribution in [1.82, 2.24) is 0 Å². The summed E-state index contributed by atoms with van der Waals surface area (Å²) in [4.78, 5) is 0. The van der Waals surface area contributed by atoms with Crippen LogP contribution in [0.1, 0.15) is 77.3 Å². The summed E-state index contributed by atoms with van der Waals surface area (Å²) in [5, 5.41) is 0. The Morgan fingerprint density at radius 1 is 0.560 bits per heavy atom. The molecule has 0 aliphatic carbocycles. The van der Waals surface area contributed by atoms with E-state index in [4.69, 9.17) is 0 Å². The van der Waals surface area contributed by atoms with Gasteiger partial charge < -0.3 is 13.8 Å². The Morgan fingerprint density at radius 3 is 0.960 bits per heavy atom. The first-order chi connectivity index (χ1) is 11.7. The predicted octanol–water partition coefficient (Wildman–Crippen LogP) is 7.95. The molecule has 0 atom stereocenters. The molecular weight excluding hydrogens is 467 g/mol. The average molecular weight is 507 g/mol. The van der Waals surface area contributed by atoms with E-state index in [1.165, 1.54) is 49.7 Å². The van der Waals surface area contributed by atoms with Gasteiger partial charge in [-0.1, -0.05) is 66.2 Å². The van der Waals surface area contributed by atoms with Gasteiger partial charge in [0.2, 0.25) is 0 Å². The molecule has 2 aromatic carbocycles. The summed E-state index contributed by atoms with van der Waals surface area (Å²) < 4.78 is 0. The summed E-state index contributed by atoms with van der Waals surface area (Å²) in [7, 11) is 0. The van der Waals surface area contributed by atoms with Crippen LogP contribution in [0.15, 0.2) is 48.5 Å². The van der Waals surface area contributed by atoms with E-state index in [9.17, 15) is 0 Å². The fourth-order valence-electron chi connectivity index (χ4n) is 1.74. The largest absolute Gasteiger partial charge is 4.00 e. The molecule has 0 saturated heterocycles. The molecule has 2 aromatic rings. The molecule has 1 heteroatoms. The van der Waals surface area contributed by atoms with Crippen LogP contribution in [0.5, 0.6) is 0 Å². The molecule has 0 spiro atoms. The van der Waals surface area contributed by atoms with E-state index in [0.717, 1.165) is 12.8 Å². The van der Waals surface area contributed by atoms with E-state index in [1.807, 2.05) is 0 Å². The Hall–Kier alpha value is -0.430. The van der Waals surface area contributed by atoms with Crippen molar-refractivity contribution in [2.75, 3.05) is 0 Å². The fraction of sp³-hybridized carbons (Fsp3) is 0.500. The topological polar surface area (TPSA) is 0 Å². The van der Waals surface area contributed by atoms with Gasteiger partial charge in [0, 0.05) is 0 Å². The van der Waals surface area contributed by atoms with E-state index in [1.54, 1.807) is 0 Å². The van der Waals surface area contributed by atoms with Crippen LogP contribution in [0.3, 0.4) is 0 Å². The third kappa shape index (κ3) is 23.6. The molecule has 0 saturated carbocycles. The zero-order valence-corrected chi connectivity index (χ0v) is 20.8. The van der Waals surface area contributed by atoms with Crippen molar-refractivity contribution in [3.8, 4) is 0 Å². The van der Waals surface area contributed by atoms with Crippen molar-refractivity contribution in [1.29, 1.82) is 0 Å². The van der Waals surface area contributed by atoms with Gasteiger partial charge in [0.1, 0.15) is 0 Å². The van der Waals surface area contributed by atoms with Crippen LogP contribution in [-0.4, -0.2) is 0 Å². The van der Waals surface area contributed by atoms with Crippen LogP contribution in [-0.2, 0) is 38.7 Å². The summed E-state index contributed by atoms with van der Waals surface area (Å²) in [5.74, 6) is 0. The molecule has 0 N–H and O–H groups in total. The van der Waals surface area contributed by atoms with Crippen LogP contribution >= 0.6 is 0 Å². The Balaban J connectivity index is -0.000000270. The van der Waals surface area contributed by atoms with Crippen molar-refractivity contribution < 1.29 is 25.8 Å². The summed E-state index contributed by atoms with van der Waals surface area (Å²) in [6, 6.07) is 17.0. The molecule has 0 aliphatic heterocycles. The monoisotopic (exact) mass is 508 g/mol. The van der Waals surface area contributed by atoms with E-state index in [0.29, 0.717) is 0 Å². The molecule has 0 unspecified atom stereocenters. The van der Waals surface area contributed by atoms with Crippen LogP contribution in [0, 0.1) is 13.8 Å². The summed E-state index contributed by atoms with van der Waals surface area (Å²) in [6.07, 6.45) is 9.52. The molecule has 0 heterocycles. The van der Waals surface area contributed by atoms with Gasteiger partial charge >= 0.3 is 25.8 Å². The molecule has 0 radical (unpaired) electrons. The van der Waals surface area contributed by atoms with Gasteiger partial charge in [-0.3, -0.25) is 0 Å². The minimum atomic E-state index is 0. The fourth-order valence-corrected chi connectivity index (χ4v) is 1.74. The maximum Gasteiger partial charge on any atom is 4.00 e. The second-order valence-electron chi connectivity index (χ2n) is 5.79. The predicted molar refractivity (Wildman–Crippen MR) is 113 cm³/mol. The zero-order valence-electron chi connectivity index (χ0n) is 17.2. The molecule has 140 valence electrons. The molecule has 0 aliphatic rings. The van der Waals surface area contributed by atoms with Crippen molar-refractivity contribution in [2.45, 2.75) is 79.1 Å². The van der Waals surface area contributed by atoms with Gasteiger partial charge in [0.05, 0.1) is 0 Å². The summed E-state index contributed by atoms with van der Waals surface area (Å²) in [5.41, 5.74) is 2.93. The third-order valence-corrected chi connectivity index (χ3v) is 3.25. The second-order valence-corrected chi connectivity index (χ2v) is 5.79. The average Bonchev–Trinajstić information content (AvgIpc) is 3.31. The standard InChI is InChI=1S/2C8H11.2C4H9.Hf/c2*1-2-5-8-6-3-4-7-8;2*1-3-4-2;/h2*3-4,6-7H,2,5H2,1H3;2*1,3-4H2,2H3;/q4*-1;+4. The molecule has 2 rings (SSSR count). The number of rotatable bonds is 6. The Bertz CT molecular complexity index is 339. The first-order valence-corrected chi connectivity index (χ1v) is 9.69. The van der Waals surface area contributed by atoms with E-state index in [2.05, 4.69) is 90.1 Å². The molecule has 0 bridgehead atoms. The normalized spacial score (nSPS) is 8.56. The second kappa shape index (κ2) is 25.8. The summed E-state index contributed by atoms with van der Waals surface area (Å²) in [6.45, 7) is 15.8. The molecule has 0 nitrogen and oxygen atoms in total. The van der Waals surface area contributed by atoms with E-state index < -0.39 is 0 Å². The van der Waals surface area contributed by atoms with Crippen LogP contribution in [0.2, 0.25) is 0 Å². The molecular formula is C24H40Hf. The Morgan fingerprint density at radius 2 is 0.800 bits per heavy atom. The minimum Gasteiger partial charge on any atom is -0.343 e. The van der Waals surface area contributed by atoms with Gasteiger partial charge in [0.25, 0.3) is 0 Å². The van der Waals surface area contributed by atoms with Crippen molar-refractivity contribution >= 4 is 0 Å². The first kappa shape index (κ1) is 29.3. The Labute approximate surface area is 178 Å². The van der Waals surface area contributed by atoms with E-state index in [-0.39, 0.29) is 25.8 Å². The van der Waals surface area contributed by atoms with Crippen molar-refractivity contribution in [3.05, 3.63) is 73.5 Å². The molecule has 0 fully saturated rings. The van der Waals surface area contributed by atoms with Gasteiger partial charge in [-0.15, -0.1) is 0 Å². The molecule has 0 amide bonds. The maximum atomic E-state index is 3.60. The minimum absolute atomic E-state index is 0. The number of hydrogen-bond donors (Lipinski definition) is 0. The third-order valence-electron chi connectivity index (χ3n) is 3.25. The van der Waals surface area contributed by atoms with Crippen LogP contribution in [0.25, 0.3) is 0 Å². The number of unbranched alkanes of at least 4 members (excludes halogenated alkanes) is 2. The zero-order chi connectivity index (χ0) is 18.5. The van der Waals surface area contributed by atoms with Gasteiger partial charge in [-0.05, 0) is 0 Å². The molecule has 0 aromatic heterocycles. The van der Waals surface area contributed by atoms with Crippen LogP contribution < -0.4 is 0 Å². The van der Waals surface area contributed by atoms with Gasteiger partial charge in [0.15, 0.2) is 0 Å². The Kier molecular flexibility index (Phi) is 30.3. The number of aryl methyl sites for hydroxylation is 2. The summed E-state index contributed by atoms with van der Waals surface area (Å²) >= 11 is 0. The van der Waals surface area contributed by atoms with Gasteiger partial charge in [-0.25, -0.2) is 24.3 Å². The van der Waals surface area contributed by atoms with E-state index >= 15 is 0 Å². The van der Waals surface area contributed by atoms with Gasteiger partial charge in [-0.2, -0.15) is 48.2 Å². The molecule has 25 heavy (non-hydrogen) atoms.